The smallest absolute Gasteiger partial charge is 0.168 e. The molecule has 0 bridgehead atoms. The third kappa shape index (κ3) is 4.79. The number of carbonyl (C=O) groups is 1. The molecule has 1 fully saturated rings. The predicted molar refractivity (Wildman–Crippen MR) is 122 cm³/mol. The number of unbranched alkanes of at least 4 members (excludes halogenated alkanes) is 1. The minimum Gasteiger partial charge on any atom is -0.488 e. The molecular formula is C25H33NO3S. The van der Waals surface area contributed by atoms with Gasteiger partial charge in [-0.05, 0) is 69.2 Å². The molecule has 4 rings (SSSR count). The molecule has 1 unspecified atom stereocenters. The van der Waals surface area contributed by atoms with Gasteiger partial charge in [0.05, 0.1) is 0 Å². The normalized spacial score (nSPS) is 26.0. The van der Waals surface area contributed by atoms with Gasteiger partial charge in [0.1, 0.15) is 18.0 Å². The van der Waals surface area contributed by atoms with Crippen molar-refractivity contribution in [3.8, 4) is 5.75 Å². The Morgan fingerprint density at radius 1 is 1.20 bits per heavy atom. The van der Waals surface area contributed by atoms with E-state index in [0.717, 1.165) is 43.4 Å². The van der Waals surface area contributed by atoms with E-state index in [0.29, 0.717) is 6.54 Å². The molecular weight excluding hydrogens is 394 g/mol. The van der Waals surface area contributed by atoms with Gasteiger partial charge in [0.2, 0.25) is 0 Å². The molecule has 0 amide bonds. The van der Waals surface area contributed by atoms with Crippen LogP contribution in [0, 0.1) is 12.8 Å². The van der Waals surface area contributed by atoms with Crippen molar-refractivity contribution in [3.63, 3.8) is 0 Å². The molecule has 1 aromatic heterocycles. The van der Waals surface area contributed by atoms with Crippen LogP contribution < -0.4 is 10.1 Å². The van der Waals surface area contributed by atoms with Gasteiger partial charge < -0.3 is 15.2 Å². The Bertz CT molecular complexity index is 860. The van der Waals surface area contributed by atoms with Gasteiger partial charge in [0, 0.05) is 33.8 Å². The summed E-state index contributed by atoms with van der Waals surface area (Å²) in [5.74, 6) is 1.09. The minimum absolute atomic E-state index is 0.00864. The van der Waals surface area contributed by atoms with Crippen LogP contribution >= 0.6 is 11.3 Å². The topological polar surface area (TPSA) is 58.6 Å². The second-order valence-electron chi connectivity index (χ2n) is 8.78. The molecule has 0 saturated heterocycles. The number of ether oxygens (including phenoxy) is 1. The maximum absolute atomic E-state index is 12.8. The van der Waals surface area contributed by atoms with Crippen molar-refractivity contribution >= 4 is 17.1 Å². The van der Waals surface area contributed by atoms with Crippen molar-refractivity contribution in [3.05, 3.63) is 51.2 Å². The lowest BCUT2D eigenvalue weighted by atomic mass is 9.87. The highest BCUT2D eigenvalue weighted by molar-refractivity contribution is 7.12. The first-order chi connectivity index (χ1) is 14.5. The minimum atomic E-state index is -0.553. The number of fused-ring (bicyclic) bond motifs is 1. The summed E-state index contributed by atoms with van der Waals surface area (Å²) >= 11 is 1.75. The van der Waals surface area contributed by atoms with Crippen LogP contribution in [0.2, 0.25) is 0 Å². The Hall–Kier alpha value is -1.69. The molecule has 5 heteroatoms. The Labute approximate surface area is 183 Å². The van der Waals surface area contributed by atoms with Crippen LogP contribution in [0.25, 0.3) is 0 Å². The van der Waals surface area contributed by atoms with Gasteiger partial charge in [-0.2, -0.15) is 0 Å². The van der Waals surface area contributed by atoms with E-state index in [1.165, 1.54) is 28.2 Å². The summed E-state index contributed by atoms with van der Waals surface area (Å²) in [6.07, 6.45) is 6.31. The summed E-state index contributed by atoms with van der Waals surface area (Å²) in [5.41, 5.74) is 2.25. The number of aryl methyl sites for hydroxylation is 3. The van der Waals surface area contributed by atoms with E-state index in [1.54, 1.807) is 11.3 Å². The fourth-order valence-corrected chi connectivity index (χ4v) is 5.74. The third-order valence-corrected chi connectivity index (χ3v) is 7.61. The maximum Gasteiger partial charge on any atom is 0.168 e. The van der Waals surface area contributed by atoms with Crippen LogP contribution in [0.15, 0.2) is 30.3 Å². The molecule has 1 saturated carbocycles. The molecule has 0 radical (unpaired) electrons. The van der Waals surface area contributed by atoms with Crippen molar-refractivity contribution in [2.45, 2.75) is 77.0 Å². The average Bonchev–Trinajstić information content (AvgIpc) is 3.30. The van der Waals surface area contributed by atoms with E-state index in [4.69, 9.17) is 4.74 Å². The number of Topliss-reactive ketones (excluding diaryl/α,β-unsaturated/α-hetero) is 1. The van der Waals surface area contributed by atoms with Gasteiger partial charge in [0.25, 0.3) is 0 Å². The van der Waals surface area contributed by atoms with Crippen LogP contribution in [-0.4, -0.2) is 35.7 Å². The standard InChI is InChI=1S/C25H33NO3S/c1-3-4-5-17-6-9-19(10-7-17)29-22-12-11-21(25(22)28)26-15-18-8-13-23-20(24(18)27)14-16(2)30-23/h6-7,9-10,14,18,21-22,25-26,28H,3-5,8,11-13,15H2,1-2H3/t18?,21-,22-,25+/m1/s1. The number of aliphatic hydroxyl groups excluding tert-OH is 1. The molecule has 0 spiro atoms. The first-order valence-corrected chi connectivity index (χ1v) is 12.2. The lowest BCUT2D eigenvalue weighted by Crippen LogP contribution is -2.44. The molecule has 2 aliphatic rings. The molecule has 2 aliphatic carbocycles. The highest BCUT2D eigenvalue weighted by atomic mass is 32.1. The summed E-state index contributed by atoms with van der Waals surface area (Å²) in [4.78, 5) is 15.2. The van der Waals surface area contributed by atoms with Crippen molar-refractivity contribution < 1.29 is 14.6 Å². The fraction of sp³-hybridized carbons (Fsp3) is 0.560. The average molecular weight is 428 g/mol. The zero-order valence-corrected chi connectivity index (χ0v) is 18.8. The second-order valence-corrected chi connectivity index (χ2v) is 10.1. The molecule has 162 valence electrons. The number of nitrogens with one attached hydrogen (secondary N) is 1. The van der Waals surface area contributed by atoms with Crippen molar-refractivity contribution in [2.75, 3.05) is 6.54 Å². The number of benzene rings is 1. The van der Waals surface area contributed by atoms with Gasteiger partial charge in [-0.1, -0.05) is 25.5 Å². The summed E-state index contributed by atoms with van der Waals surface area (Å²) in [6.45, 7) is 4.90. The lowest BCUT2D eigenvalue weighted by molar-refractivity contribution is 0.0441. The Morgan fingerprint density at radius 3 is 2.77 bits per heavy atom. The molecule has 0 aliphatic heterocycles. The van der Waals surface area contributed by atoms with Crippen LogP contribution in [-0.2, 0) is 12.8 Å². The monoisotopic (exact) mass is 427 g/mol. The first kappa shape index (κ1) is 21.5. The Morgan fingerprint density at radius 2 is 2.00 bits per heavy atom. The molecule has 4 nitrogen and oxygen atoms in total. The van der Waals surface area contributed by atoms with Gasteiger partial charge in [-0.25, -0.2) is 0 Å². The molecule has 2 N–H and O–H groups in total. The Kier molecular flexibility index (Phi) is 6.91. The van der Waals surface area contributed by atoms with E-state index in [1.807, 2.05) is 18.2 Å². The maximum atomic E-state index is 12.8. The number of carbonyl (C=O) groups excluding carboxylic acids is 1. The molecule has 1 heterocycles. The van der Waals surface area contributed by atoms with Crippen LogP contribution in [0.1, 0.15) is 64.7 Å². The van der Waals surface area contributed by atoms with Crippen LogP contribution in [0.5, 0.6) is 5.75 Å². The van der Waals surface area contributed by atoms with E-state index in [9.17, 15) is 9.90 Å². The summed E-state index contributed by atoms with van der Waals surface area (Å²) < 4.78 is 6.08. The number of ketones is 1. The number of thiophene rings is 1. The zero-order chi connectivity index (χ0) is 21.1. The summed E-state index contributed by atoms with van der Waals surface area (Å²) in [7, 11) is 0. The van der Waals surface area contributed by atoms with E-state index < -0.39 is 6.10 Å². The summed E-state index contributed by atoms with van der Waals surface area (Å²) in [6, 6.07) is 10.3. The number of hydrogen-bond donors (Lipinski definition) is 2. The Balaban J connectivity index is 1.27. The fourth-order valence-electron chi connectivity index (χ4n) is 4.69. The molecule has 4 atom stereocenters. The van der Waals surface area contributed by atoms with E-state index in [2.05, 4.69) is 31.3 Å². The van der Waals surface area contributed by atoms with E-state index >= 15 is 0 Å². The van der Waals surface area contributed by atoms with Gasteiger partial charge in [0.15, 0.2) is 5.78 Å². The highest BCUT2D eigenvalue weighted by Crippen LogP contribution is 2.32. The lowest BCUT2D eigenvalue weighted by Gasteiger charge is -2.25. The van der Waals surface area contributed by atoms with Crippen molar-refractivity contribution in [1.82, 2.24) is 5.32 Å². The number of aliphatic hydroxyl groups is 1. The number of hydrogen-bond acceptors (Lipinski definition) is 5. The molecule has 1 aromatic carbocycles. The SMILES string of the molecule is CCCCc1ccc(O[C@@H]2CC[C@@H](NCC3CCc4sc(C)cc4C3=O)[C@@H]2O)cc1. The first-order valence-electron chi connectivity index (χ1n) is 11.4. The predicted octanol–water partition coefficient (Wildman–Crippen LogP) is 4.70. The molecule has 2 aromatic rings. The summed E-state index contributed by atoms with van der Waals surface area (Å²) in [5, 5.41) is 14.2. The van der Waals surface area contributed by atoms with Gasteiger partial charge >= 0.3 is 0 Å². The van der Waals surface area contributed by atoms with Crippen LogP contribution in [0.3, 0.4) is 0 Å². The zero-order valence-electron chi connectivity index (χ0n) is 18.0. The van der Waals surface area contributed by atoms with Crippen molar-refractivity contribution in [2.24, 2.45) is 5.92 Å². The third-order valence-electron chi connectivity index (χ3n) is 6.50. The molecule has 30 heavy (non-hydrogen) atoms. The quantitative estimate of drug-likeness (QED) is 0.641. The van der Waals surface area contributed by atoms with Crippen molar-refractivity contribution in [1.29, 1.82) is 0 Å². The van der Waals surface area contributed by atoms with Crippen LogP contribution in [0.4, 0.5) is 0 Å². The van der Waals surface area contributed by atoms with Gasteiger partial charge in [-0.3, -0.25) is 4.79 Å². The van der Waals surface area contributed by atoms with E-state index in [-0.39, 0.29) is 23.8 Å². The highest BCUT2D eigenvalue weighted by Gasteiger charge is 2.37. The largest absolute Gasteiger partial charge is 0.488 e. The van der Waals surface area contributed by atoms with Gasteiger partial charge in [-0.15, -0.1) is 11.3 Å². The second kappa shape index (κ2) is 9.63. The number of rotatable bonds is 8.